The van der Waals surface area contributed by atoms with Crippen LogP contribution in [0.2, 0.25) is 0 Å². The highest BCUT2D eigenvalue weighted by Gasteiger charge is 2.19. The molecule has 0 spiro atoms. The molecule has 1 aliphatic rings. The fraction of sp³-hybridized carbons (Fsp3) is 0.846. The lowest BCUT2D eigenvalue weighted by Crippen LogP contribution is -2.40. The Labute approximate surface area is 94.4 Å². The quantitative estimate of drug-likeness (QED) is 0.692. The molecule has 0 aromatic carbocycles. The fourth-order valence-corrected chi connectivity index (χ4v) is 2.35. The molecule has 1 rings (SSSR count). The van der Waals surface area contributed by atoms with Crippen LogP contribution in [0.5, 0.6) is 0 Å². The topological polar surface area (TPSA) is 15.3 Å². The Morgan fingerprint density at radius 2 is 2.07 bits per heavy atom. The van der Waals surface area contributed by atoms with E-state index in [0.29, 0.717) is 6.04 Å². The highest BCUT2D eigenvalue weighted by molar-refractivity contribution is 4.99. The minimum atomic E-state index is 0.338. The molecule has 1 atom stereocenters. The maximum atomic E-state index is 5.56. The van der Waals surface area contributed by atoms with Gasteiger partial charge in [0, 0.05) is 6.54 Å². The molecule has 1 unspecified atom stereocenters. The molecule has 0 saturated carbocycles. The summed E-state index contributed by atoms with van der Waals surface area (Å²) in [6.45, 7) is 8.99. The van der Waals surface area contributed by atoms with Crippen LogP contribution in [0.15, 0.2) is 0 Å². The normalized spacial score (nSPS) is 20.1. The highest BCUT2D eigenvalue weighted by atomic mass is 15.1. The minimum Gasteiger partial charge on any atom is -0.317 e. The van der Waals surface area contributed by atoms with E-state index >= 15 is 0 Å². The fourth-order valence-electron chi connectivity index (χ4n) is 2.35. The molecule has 2 nitrogen and oxygen atoms in total. The van der Waals surface area contributed by atoms with Crippen molar-refractivity contribution in [3.05, 3.63) is 0 Å². The zero-order valence-corrected chi connectivity index (χ0v) is 10.1. The maximum Gasteiger partial charge on any atom is 0.0709 e. The number of hydrogen-bond donors (Lipinski definition) is 1. The summed E-state index contributed by atoms with van der Waals surface area (Å²) in [6.07, 6.45) is 9.23. The maximum absolute atomic E-state index is 5.56. The van der Waals surface area contributed by atoms with Gasteiger partial charge in [-0.3, -0.25) is 4.90 Å². The van der Waals surface area contributed by atoms with Gasteiger partial charge in [-0.15, -0.1) is 6.42 Å². The molecule has 2 heteroatoms. The van der Waals surface area contributed by atoms with Crippen molar-refractivity contribution in [3.8, 4) is 12.3 Å². The highest BCUT2D eigenvalue weighted by Crippen LogP contribution is 2.15. The number of nitrogens with zero attached hydrogens (tertiary/aromatic N) is 1. The molecule has 86 valence electrons. The van der Waals surface area contributed by atoms with E-state index in [1.807, 2.05) is 0 Å². The van der Waals surface area contributed by atoms with Gasteiger partial charge in [0.2, 0.25) is 0 Å². The van der Waals surface area contributed by atoms with Gasteiger partial charge in [0.1, 0.15) is 0 Å². The Kier molecular flexibility index (Phi) is 5.75. The van der Waals surface area contributed by atoms with Crippen molar-refractivity contribution in [1.82, 2.24) is 10.2 Å². The molecular formula is C13H24N2. The Hall–Kier alpha value is -0.520. The summed E-state index contributed by atoms with van der Waals surface area (Å²) in [7, 11) is 0. The summed E-state index contributed by atoms with van der Waals surface area (Å²) in [5, 5.41) is 3.40. The molecule has 0 amide bonds. The van der Waals surface area contributed by atoms with Gasteiger partial charge >= 0.3 is 0 Å². The molecule has 0 aromatic rings. The van der Waals surface area contributed by atoms with Gasteiger partial charge in [-0.1, -0.05) is 19.8 Å². The Balaban J connectivity index is 2.41. The lowest BCUT2D eigenvalue weighted by atomic mass is 9.96. The van der Waals surface area contributed by atoms with Crippen LogP contribution in [0.4, 0.5) is 0 Å². The van der Waals surface area contributed by atoms with Crippen LogP contribution < -0.4 is 5.32 Å². The zero-order valence-electron chi connectivity index (χ0n) is 10.1. The number of rotatable bonds is 5. The summed E-state index contributed by atoms with van der Waals surface area (Å²) < 4.78 is 0. The van der Waals surface area contributed by atoms with Crippen LogP contribution in [-0.4, -0.2) is 37.1 Å². The van der Waals surface area contributed by atoms with Gasteiger partial charge in [0.05, 0.1) is 6.04 Å². The molecule has 0 radical (unpaired) electrons. The van der Waals surface area contributed by atoms with E-state index in [1.54, 1.807) is 0 Å². The third-order valence-electron chi connectivity index (χ3n) is 3.38. The van der Waals surface area contributed by atoms with E-state index in [0.717, 1.165) is 18.9 Å². The molecule has 1 saturated heterocycles. The van der Waals surface area contributed by atoms with Crippen molar-refractivity contribution in [1.29, 1.82) is 0 Å². The molecule has 1 fully saturated rings. The number of terminal acetylenes is 1. The van der Waals surface area contributed by atoms with E-state index in [-0.39, 0.29) is 0 Å². The van der Waals surface area contributed by atoms with Crippen LogP contribution in [-0.2, 0) is 0 Å². The predicted octanol–water partition coefficient (Wildman–Crippen LogP) is 1.72. The Morgan fingerprint density at radius 3 is 2.53 bits per heavy atom. The second kappa shape index (κ2) is 6.87. The van der Waals surface area contributed by atoms with Crippen LogP contribution in [0.1, 0.15) is 33.1 Å². The van der Waals surface area contributed by atoms with Gasteiger partial charge in [0.15, 0.2) is 0 Å². The van der Waals surface area contributed by atoms with Gasteiger partial charge in [-0.05, 0) is 44.8 Å². The lowest BCUT2D eigenvalue weighted by Gasteiger charge is -2.32. The Bertz CT molecular complexity index is 201. The average Bonchev–Trinajstić information content (AvgIpc) is 2.30. The predicted molar refractivity (Wildman–Crippen MR) is 65.8 cm³/mol. The number of piperidine rings is 1. The van der Waals surface area contributed by atoms with Gasteiger partial charge < -0.3 is 5.32 Å². The smallest absolute Gasteiger partial charge is 0.0709 e. The molecule has 0 bridgehead atoms. The summed E-state index contributed by atoms with van der Waals surface area (Å²) in [4.78, 5) is 2.45. The van der Waals surface area contributed by atoms with Gasteiger partial charge in [0.25, 0.3) is 0 Å². The SMILES string of the molecule is C#CC(CC)N(CC)CC1CCNCC1. The number of hydrogen-bond acceptors (Lipinski definition) is 2. The lowest BCUT2D eigenvalue weighted by molar-refractivity contribution is 0.184. The van der Waals surface area contributed by atoms with E-state index in [4.69, 9.17) is 6.42 Å². The van der Waals surface area contributed by atoms with Crippen LogP contribution in [0.25, 0.3) is 0 Å². The summed E-state index contributed by atoms with van der Waals surface area (Å²) in [6, 6.07) is 0.338. The van der Waals surface area contributed by atoms with Gasteiger partial charge in [-0.2, -0.15) is 0 Å². The molecule has 0 aromatic heterocycles. The average molecular weight is 208 g/mol. The molecule has 15 heavy (non-hydrogen) atoms. The first-order valence-electron chi connectivity index (χ1n) is 6.22. The summed E-state index contributed by atoms with van der Waals surface area (Å²) >= 11 is 0. The summed E-state index contributed by atoms with van der Waals surface area (Å²) in [5.74, 6) is 3.74. The van der Waals surface area contributed by atoms with Crippen molar-refractivity contribution >= 4 is 0 Å². The third kappa shape index (κ3) is 3.85. The van der Waals surface area contributed by atoms with E-state index in [9.17, 15) is 0 Å². The van der Waals surface area contributed by atoms with E-state index < -0.39 is 0 Å². The third-order valence-corrected chi connectivity index (χ3v) is 3.38. The van der Waals surface area contributed by atoms with Gasteiger partial charge in [-0.25, -0.2) is 0 Å². The number of nitrogens with one attached hydrogen (secondary N) is 1. The van der Waals surface area contributed by atoms with Crippen LogP contribution >= 0.6 is 0 Å². The van der Waals surface area contributed by atoms with E-state index in [1.165, 1.54) is 32.5 Å². The molecule has 1 aliphatic heterocycles. The summed E-state index contributed by atoms with van der Waals surface area (Å²) in [5.41, 5.74) is 0. The largest absolute Gasteiger partial charge is 0.317 e. The van der Waals surface area contributed by atoms with E-state index in [2.05, 4.69) is 30.0 Å². The first-order valence-corrected chi connectivity index (χ1v) is 6.22. The standard InChI is InChI=1S/C13H24N2/c1-4-13(5-2)15(6-3)11-12-7-9-14-10-8-12/h1,12-14H,5-11H2,2-3H3. The van der Waals surface area contributed by atoms with Crippen LogP contribution in [0, 0.1) is 18.3 Å². The van der Waals surface area contributed by atoms with Crippen molar-refractivity contribution < 1.29 is 0 Å². The second-order valence-corrected chi connectivity index (χ2v) is 4.37. The van der Waals surface area contributed by atoms with Crippen molar-refractivity contribution in [2.24, 2.45) is 5.92 Å². The van der Waals surface area contributed by atoms with Crippen molar-refractivity contribution in [2.75, 3.05) is 26.2 Å². The van der Waals surface area contributed by atoms with Crippen LogP contribution in [0.3, 0.4) is 0 Å². The monoisotopic (exact) mass is 208 g/mol. The van der Waals surface area contributed by atoms with Crippen molar-refractivity contribution in [2.45, 2.75) is 39.2 Å². The second-order valence-electron chi connectivity index (χ2n) is 4.37. The molecule has 1 heterocycles. The zero-order chi connectivity index (χ0) is 11.1. The molecule has 1 N–H and O–H groups in total. The minimum absolute atomic E-state index is 0.338. The first-order chi connectivity index (χ1) is 7.31. The molecule has 0 aliphatic carbocycles. The first kappa shape index (κ1) is 12.5. The molecular weight excluding hydrogens is 184 g/mol. The Morgan fingerprint density at radius 1 is 1.40 bits per heavy atom. The van der Waals surface area contributed by atoms with Crippen molar-refractivity contribution in [3.63, 3.8) is 0 Å².